The number of carbonyl (C=O) groups excluding carboxylic acids is 1. The quantitative estimate of drug-likeness (QED) is 0.655. The molecule has 0 atom stereocenters. The number of ether oxygens (including phenoxy) is 1. The van der Waals surface area contributed by atoms with Crippen molar-refractivity contribution in [3.63, 3.8) is 0 Å². The van der Waals surface area contributed by atoms with Crippen molar-refractivity contribution in [1.82, 2.24) is 15.5 Å². The summed E-state index contributed by atoms with van der Waals surface area (Å²) in [5.41, 5.74) is 0.874. The maximum atomic E-state index is 12.8. The number of nitrogens with one attached hydrogen (secondary N) is 2. The van der Waals surface area contributed by atoms with E-state index in [0.717, 1.165) is 37.7 Å². The average molecular weight is 392 g/mol. The van der Waals surface area contributed by atoms with Gasteiger partial charge >= 0.3 is 6.03 Å². The summed E-state index contributed by atoms with van der Waals surface area (Å²) in [4.78, 5) is 17.4. The Kier molecular flexibility index (Phi) is 5.46. The Labute approximate surface area is 169 Å². The Balaban J connectivity index is 1.55. The molecule has 7 nitrogen and oxygen atoms in total. The van der Waals surface area contributed by atoms with Crippen molar-refractivity contribution in [1.29, 1.82) is 0 Å². The number of hydrogen-bond acceptors (Lipinski definition) is 5. The predicted octanol–water partition coefficient (Wildman–Crippen LogP) is 4.73. The first-order chi connectivity index (χ1) is 14.2. The molecule has 29 heavy (non-hydrogen) atoms. The first kappa shape index (κ1) is 19.0. The number of hydrogen-bond donors (Lipinski definition) is 2. The Morgan fingerprint density at radius 1 is 1.07 bits per heavy atom. The fourth-order valence-corrected chi connectivity index (χ4v) is 3.75. The lowest BCUT2D eigenvalue weighted by molar-refractivity contribution is 0.173. The maximum Gasteiger partial charge on any atom is 0.320 e. The maximum absolute atomic E-state index is 12.8. The van der Waals surface area contributed by atoms with E-state index in [1.807, 2.05) is 48.5 Å². The molecule has 3 aromatic rings. The molecule has 0 bridgehead atoms. The fourth-order valence-electron chi connectivity index (χ4n) is 3.75. The summed E-state index contributed by atoms with van der Waals surface area (Å²) in [6.45, 7) is 0. The van der Waals surface area contributed by atoms with Gasteiger partial charge in [-0.15, -0.1) is 0 Å². The zero-order chi connectivity index (χ0) is 20.1. The molecule has 1 saturated carbocycles. The van der Waals surface area contributed by atoms with E-state index in [9.17, 15) is 4.79 Å². The van der Waals surface area contributed by atoms with Gasteiger partial charge in [-0.3, -0.25) is 0 Å². The lowest BCUT2D eigenvalue weighted by Gasteiger charge is -2.34. The number of rotatable bonds is 5. The van der Waals surface area contributed by atoms with Crippen LogP contribution in [0, 0.1) is 0 Å². The van der Waals surface area contributed by atoms with Gasteiger partial charge in [-0.25, -0.2) is 4.79 Å². The second-order valence-electron chi connectivity index (χ2n) is 7.24. The van der Waals surface area contributed by atoms with Crippen LogP contribution in [0.1, 0.15) is 38.0 Å². The molecule has 0 spiro atoms. The van der Waals surface area contributed by atoms with Crippen LogP contribution >= 0.6 is 0 Å². The van der Waals surface area contributed by atoms with Crippen LogP contribution in [0.3, 0.4) is 0 Å². The van der Waals surface area contributed by atoms with Gasteiger partial charge in [-0.2, -0.15) is 4.98 Å². The number of urea groups is 1. The highest BCUT2D eigenvalue weighted by atomic mass is 16.5. The first-order valence-electron chi connectivity index (χ1n) is 9.81. The highest BCUT2D eigenvalue weighted by Crippen LogP contribution is 2.37. The Hall–Kier alpha value is -3.35. The van der Waals surface area contributed by atoms with Crippen LogP contribution in [0.15, 0.2) is 59.1 Å². The molecule has 0 unspecified atom stereocenters. The van der Waals surface area contributed by atoms with Crippen molar-refractivity contribution < 1.29 is 14.1 Å². The molecule has 1 fully saturated rings. The van der Waals surface area contributed by atoms with Gasteiger partial charge < -0.3 is 19.9 Å². The normalized spacial score (nSPS) is 15.5. The predicted molar refractivity (Wildman–Crippen MR) is 110 cm³/mol. The summed E-state index contributed by atoms with van der Waals surface area (Å²) in [7, 11) is 1.59. The smallest absolute Gasteiger partial charge is 0.320 e. The molecule has 1 aromatic heterocycles. The minimum Gasteiger partial charge on any atom is -0.497 e. The third-order valence-electron chi connectivity index (χ3n) is 5.25. The van der Waals surface area contributed by atoms with Gasteiger partial charge in [-0.1, -0.05) is 60.8 Å². The molecular formula is C22H24N4O3. The van der Waals surface area contributed by atoms with E-state index in [1.165, 1.54) is 0 Å². The summed E-state index contributed by atoms with van der Waals surface area (Å²) in [6, 6.07) is 16.6. The van der Waals surface area contributed by atoms with Crippen LogP contribution in [0.2, 0.25) is 0 Å². The molecule has 4 rings (SSSR count). The lowest BCUT2D eigenvalue weighted by atomic mass is 9.81. The average Bonchev–Trinajstić information content (AvgIpc) is 3.26. The largest absolute Gasteiger partial charge is 0.497 e. The molecule has 2 N–H and O–H groups in total. The van der Waals surface area contributed by atoms with E-state index >= 15 is 0 Å². The van der Waals surface area contributed by atoms with E-state index < -0.39 is 5.54 Å². The number of anilines is 1. The molecule has 2 amide bonds. The molecule has 1 aliphatic carbocycles. The molecule has 150 valence electrons. The highest BCUT2D eigenvalue weighted by Gasteiger charge is 2.41. The van der Waals surface area contributed by atoms with E-state index in [0.29, 0.717) is 23.2 Å². The lowest BCUT2D eigenvalue weighted by Crippen LogP contribution is -2.49. The van der Waals surface area contributed by atoms with Gasteiger partial charge in [0.15, 0.2) is 0 Å². The summed E-state index contributed by atoms with van der Waals surface area (Å²) in [5, 5.41) is 10.1. The van der Waals surface area contributed by atoms with Crippen molar-refractivity contribution in [2.75, 3.05) is 12.4 Å². The minimum atomic E-state index is -0.665. The molecule has 1 aliphatic rings. The van der Waals surface area contributed by atoms with Gasteiger partial charge in [-0.05, 0) is 25.0 Å². The fraction of sp³-hybridized carbons (Fsp3) is 0.318. The van der Waals surface area contributed by atoms with Crippen LogP contribution in [0.25, 0.3) is 11.4 Å². The number of nitrogens with zero attached hydrogens (tertiary/aromatic N) is 2. The molecular weight excluding hydrogens is 368 g/mol. The van der Waals surface area contributed by atoms with Crippen molar-refractivity contribution >= 4 is 11.7 Å². The molecule has 1 heterocycles. The van der Waals surface area contributed by atoms with E-state index in [2.05, 4.69) is 20.8 Å². The van der Waals surface area contributed by atoms with E-state index in [4.69, 9.17) is 9.26 Å². The first-order valence-corrected chi connectivity index (χ1v) is 9.81. The van der Waals surface area contributed by atoms with Crippen molar-refractivity contribution in [3.05, 3.63) is 60.5 Å². The Morgan fingerprint density at radius 3 is 2.62 bits per heavy atom. The zero-order valence-electron chi connectivity index (χ0n) is 16.4. The number of methoxy groups -OCH3 is 1. The number of amides is 2. The molecule has 7 heteroatoms. The molecule has 0 saturated heterocycles. The second kappa shape index (κ2) is 8.34. The Morgan fingerprint density at radius 2 is 1.86 bits per heavy atom. The van der Waals surface area contributed by atoms with Crippen LogP contribution in [0.4, 0.5) is 10.5 Å². The van der Waals surface area contributed by atoms with Gasteiger partial charge in [0, 0.05) is 17.3 Å². The van der Waals surface area contributed by atoms with Crippen LogP contribution in [0.5, 0.6) is 5.75 Å². The summed E-state index contributed by atoms with van der Waals surface area (Å²) in [6.07, 6.45) is 4.62. The monoisotopic (exact) mass is 392 g/mol. The standard InChI is InChI=1S/C22H24N4O3/c1-28-18-12-8-11-17(15-18)23-21(27)25-22(13-6-3-7-14-22)20-24-19(26-29-20)16-9-4-2-5-10-16/h2,4-5,8-12,15H,3,6-7,13-14H2,1H3,(H2,23,25,27). The third-order valence-corrected chi connectivity index (χ3v) is 5.25. The summed E-state index contributed by atoms with van der Waals surface area (Å²) in [5.74, 6) is 1.66. The number of benzene rings is 2. The van der Waals surface area contributed by atoms with Crippen LogP contribution in [-0.2, 0) is 5.54 Å². The van der Waals surface area contributed by atoms with E-state index in [1.54, 1.807) is 13.2 Å². The third kappa shape index (κ3) is 4.23. The van der Waals surface area contributed by atoms with E-state index in [-0.39, 0.29) is 6.03 Å². The molecule has 0 aliphatic heterocycles. The summed E-state index contributed by atoms with van der Waals surface area (Å²) >= 11 is 0. The SMILES string of the molecule is COc1cccc(NC(=O)NC2(c3nc(-c4ccccc4)no3)CCCCC2)c1. The van der Waals surface area contributed by atoms with Crippen LogP contribution in [-0.4, -0.2) is 23.3 Å². The molecule has 2 aromatic carbocycles. The summed E-state index contributed by atoms with van der Waals surface area (Å²) < 4.78 is 10.8. The van der Waals surface area contributed by atoms with Gasteiger partial charge in [0.1, 0.15) is 11.3 Å². The minimum absolute atomic E-state index is 0.306. The topological polar surface area (TPSA) is 89.3 Å². The molecule has 0 radical (unpaired) electrons. The zero-order valence-corrected chi connectivity index (χ0v) is 16.4. The Bertz CT molecular complexity index is 965. The van der Waals surface area contributed by atoms with Gasteiger partial charge in [0.05, 0.1) is 7.11 Å². The van der Waals surface area contributed by atoms with Gasteiger partial charge in [0.25, 0.3) is 5.89 Å². The van der Waals surface area contributed by atoms with Crippen molar-refractivity contribution in [3.8, 4) is 17.1 Å². The van der Waals surface area contributed by atoms with Crippen LogP contribution < -0.4 is 15.4 Å². The second-order valence-corrected chi connectivity index (χ2v) is 7.24. The van der Waals surface area contributed by atoms with Gasteiger partial charge in [0.2, 0.25) is 5.82 Å². The van der Waals surface area contributed by atoms with Crippen molar-refractivity contribution in [2.24, 2.45) is 0 Å². The van der Waals surface area contributed by atoms with Crippen molar-refractivity contribution in [2.45, 2.75) is 37.6 Å². The number of carbonyl (C=O) groups is 1. The highest BCUT2D eigenvalue weighted by molar-refractivity contribution is 5.90. The number of aromatic nitrogens is 2.